The molecule has 1 atom stereocenters. The zero-order valence-electron chi connectivity index (χ0n) is 9.26. The number of rotatable bonds is 4. The first-order valence-corrected chi connectivity index (χ1v) is 3.66. The van der Waals surface area contributed by atoms with Crippen molar-refractivity contribution in [2.75, 3.05) is 0 Å². The molecule has 0 saturated heterocycles. The number of hydrogen-bond donors (Lipinski definition) is 0. The molecule has 0 saturated carbocycles. The largest absolute Gasteiger partial charge is 2.00 e. The molecular weight excluding hydrogens is 249 g/mol. The SMILES string of the molecule is CCC(C=O)CC(C)C.[Ba+2].[H-].[H-]. The van der Waals surface area contributed by atoms with Gasteiger partial charge in [0.2, 0.25) is 0 Å². The summed E-state index contributed by atoms with van der Waals surface area (Å²) in [7, 11) is 0. The van der Waals surface area contributed by atoms with Gasteiger partial charge in [0.15, 0.2) is 0 Å². The number of carbonyl (C=O) groups excluding carboxylic acids is 1. The Balaban J connectivity index is -0.000000107. The molecule has 0 N–H and O–H groups in total. The van der Waals surface area contributed by atoms with Crippen molar-refractivity contribution in [2.24, 2.45) is 11.8 Å². The van der Waals surface area contributed by atoms with Gasteiger partial charge in [-0.3, -0.25) is 0 Å². The molecule has 10 heavy (non-hydrogen) atoms. The zero-order chi connectivity index (χ0) is 7.28. The van der Waals surface area contributed by atoms with E-state index in [9.17, 15) is 4.79 Å². The standard InChI is InChI=1S/C8H16O.Ba.2H/c1-4-8(6-9)5-7(2)3;;;/h6-8H,4-5H2,1-3H3;;;/q;+2;2*-1. The molecule has 0 bridgehead atoms. The minimum atomic E-state index is 0. The van der Waals surface area contributed by atoms with Crippen molar-refractivity contribution < 1.29 is 7.65 Å². The van der Waals surface area contributed by atoms with Gasteiger partial charge in [-0.05, 0) is 18.8 Å². The summed E-state index contributed by atoms with van der Waals surface area (Å²) < 4.78 is 0. The quantitative estimate of drug-likeness (QED) is 0.563. The average Bonchev–Trinajstić information content (AvgIpc) is 1.82. The molecular formula is C8H18BaO. The summed E-state index contributed by atoms with van der Waals surface area (Å²) in [4.78, 5) is 10.3. The van der Waals surface area contributed by atoms with E-state index in [1.807, 2.05) is 0 Å². The minimum Gasteiger partial charge on any atom is -1.00 e. The van der Waals surface area contributed by atoms with E-state index in [0.717, 1.165) is 19.1 Å². The zero-order valence-corrected chi connectivity index (χ0v) is 11.7. The number of carbonyl (C=O) groups is 1. The maximum Gasteiger partial charge on any atom is 2.00 e. The first-order valence-electron chi connectivity index (χ1n) is 3.66. The van der Waals surface area contributed by atoms with Crippen LogP contribution in [0.3, 0.4) is 0 Å². The molecule has 1 unspecified atom stereocenters. The summed E-state index contributed by atoms with van der Waals surface area (Å²) in [6.07, 6.45) is 3.10. The third kappa shape index (κ3) is 7.35. The average molecular weight is 268 g/mol. The van der Waals surface area contributed by atoms with Gasteiger partial charge in [0.1, 0.15) is 6.29 Å². The third-order valence-corrected chi connectivity index (χ3v) is 1.49. The normalized spacial score (nSPS) is 12.4. The molecule has 2 heteroatoms. The molecule has 0 aromatic heterocycles. The molecule has 0 aliphatic rings. The van der Waals surface area contributed by atoms with Crippen LogP contribution in [0.2, 0.25) is 0 Å². The first kappa shape index (κ1) is 13.8. The second kappa shape index (κ2) is 8.34. The Morgan fingerprint density at radius 1 is 1.50 bits per heavy atom. The monoisotopic (exact) mass is 268 g/mol. The third-order valence-electron chi connectivity index (χ3n) is 1.49. The molecule has 0 spiro atoms. The summed E-state index contributed by atoms with van der Waals surface area (Å²) in [5.41, 5.74) is 0. The van der Waals surface area contributed by atoms with E-state index in [4.69, 9.17) is 0 Å². The number of aldehydes is 1. The molecule has 58 valence electrons. The smallest absolute Gasteiger partial charge is 1.00 e. The predicted molar refractivity (Wildman–Crippen MR) is 47.3 cm³/mol. The van der Waals surface area contributed by atoms with Crippen LogP contribution in [0, 0.1) is 11.8 Å². The van der Waals surface area contributed by atoms with Gasteiger partial charge in [0.25, 0.3) is 0 Å². The fourth-order valence-corrected chi connectivity index (χ4v) is 0.924. The van der Waals surface area contributed by atoms with Gasteiger partial charge in [0.05, 0.1) is 0 Å². The van der Waals surface area contributed by atoms with Crippen LogP contribution in [0.25, 0.3) is 0 Å². The van der Waals surface area contributed by atoms with Gasteiger partial charge in [-0.15, -0.1) is 0 Å². The minimum absolute atomic E-state index is 0. The molecule has 0 heterocycles. The molecule has 0 radical (unpaired) electrons. The second-order valence-corrected chi connectivity index (χ2v) is 2.93. The number of hydrogen-bond acceptors (Lipinski definition) is 1. The van der Waals surface area contributed by atoms with Gasteiger partial charge >= 0.3 is 48.9 Å². The van der Waals surface area contributed by atoms with E-state index >= 15 is 0 Å². The van der Waals surface area contributed by atoms with Crippen LogP contribution in [0.1, 0.15) is 36.5 Å². The van der Waals surface area contributed by atoms with E-state index in [2.05, 4.69) is 20.8 Å². The summed E-state index contributed by atoms with van der Waals surface area (Å²) in [5, 5.41) is 0. The summed E-state index contributed by atoms with van der Waals surface area (Å²) in [6, 6.07) is 0. The van der Waals surface area contributed by atoms with Crippen LogP contribution in [0.15, 0.2) is 0 Å². The topological polar surface area (TPSA) is 17.1 Å². The van der Waals surface area contributed by atoms with Crippen molar-refractivity contribution >= 4 is 55.2 Å². The van der Waals surface area contributed by atoms with Crippen molar-refractivity contribution in [3.05, 3.63) is 0 Å². The molecule has 0 aromatic rings. The molecule has 0 aromatic carbocycles. The van der Waals surface area contributed by atoms with Crippen LogP contribution < -0.4 is 0 Å². The van der Waals surface area contributed by atoms with Crippen LogP contribution in [-0.4, -0.2) is 55.2 Å². The van der Waals surface area contributed by atoms with E-state index in [-0.39, 0.29) is 51.7 Å². The van der Waals surface area contributed by atoms with Crippen LogP contribution in [0.5, 0.6) is 0 Å². The maximum absolute atomic E-state index is 10.3. The van der Waals surface area contributed by atoms with Crippen molar-refractivity contribution in [3.8, 4) is 0 Å². The molecule has 0 aliphatic heterocycles. The van der Waals surface area contributed by atoms with Crippen molar-refractivity contribution in [3.63, 3.8) is 0 Å². The van der Waals surface area contributed by atoms with Crippen molar-refractivity contribution in [1.29, 1.82) is 0 Å². The molecule has 0 rings (SSSR count). The predicted octanol–water partition coefficient (Wildman–Crippen LogP) is 2.10. The van der Waals surface area contributed by atoms with Gasteiger partial charge in [-0.25, -0.2) is 0 Å². The summed E-state index contributed by atoms with van der Waals surface area (Å²) in [6.45, 7) is 6.35. The van der Waals surface area contributed by atoms with Gasteiger partial charge in [-0.1, -0.05) is 20.8 Å². The van der Waals surface area contributed by atoms with Gasteiger partial charge in [-0.2, -0.15) is 0 Å². The summed E-state index contributed by atoms with van der Waals surface area (Å²) >= 11 is 0. The van der Waals surface area contributed by atoms with Crippen molar-refractivity contribution in [2.45, 2.75) is 33.6 Å². The Bertz CT molecular complexity index is 89.1. The van der Waals surface area contributed by atoms with E-state index < -0.39 is 0 Å². The van der Waals surface area contributed by atoms with E-state index in [1.165, 1.54) is 0 Å². The van der Waals surface area contributed by atoms with Gasteiger partial charge < -0.3 is 7.65 Å². The molecule has 1 nitrogen and oxygen atoms in total. The first-order chi connectivity index (χ1) is 4.20. The van der Waals surface area contributed by atoms with Crippen LogP contribution >= 0.6 is 0 Å². The second-order valence-electron chi connectivity index (χ2n) is 2.93. The summed E-state index contributed by atoms with van der Waals surface area (Å²) in [5.74, 6) is 0.949. The Hall–Kier alpha value is 1.24. The van der Waals surface area contributed by atoms with Crippen LogP contribution in [-0.2, 0) is 4.79 Å². The fourth-order valence-electron chi connectivity index (χ4n) is 0.924. The van der Waals surface area contributed by atoms with Gasteiger partial charge in [0, 0.05) is 5.92 Å². The Kier molecular flexibility index (Phi) is 11.5. The Morgan fingerprint density at radius 2 is 2.00 bits per heavy atom. The Labute approximate surface area is 107 Å². The molecule has 0 aliphatic carbocycles. The molecule has 0 fully saturated rings. The maximum atomic E-state index is 10.3. The van der Waals surface area contributed by atoms with E-state index in [1.54, 1.807) is 0 Å². The van der Waals surface area contributed by atoms with Crippen LogP contribution in [0.4, 0.5) is 0 Å². The molecule has 0 amide bonds. The van der Waals surface area contributed by atoms with E-state index in [0.29, 0.717) is 11.8 Å². The van der Waals surface area contributed by atoms with Crippen molar-refractivity contribution in [1.82, 2.24) is 0 Å². The Morgan fingerprint density at radius 3 is 2.10 bits per heavy atom. The fraction of sp³-hybridized carbons (Fsp3) is 0.875.